The van der Waals surface area contributed by atoms with Gasteiger partial charge in [-0.3, -0.25) is 4.79 Å². The molecule has 0 aromatic carbocycles. The number of hydrogen-bond donors (Lipinski definition) is 1. The van der Waals surface area contributed by atoms with Gasteiger partial charge in [0.05, 0.1) is 0 Å². The first-order chi connectivity index (χ1) is 11.9. The molecule has 1 aromatic heterocycles. The van der Waals surface area contributed by atoms with Crippen molar-refractivity contribution in [1.29, 1.82) is 0 Å². The number of nitrogens with one attached hydrogen (secondary N) is 1. The fourth-order valence-electron chi connectivity index (χ4n) is 2.64. The summed E-state index contributed by atoms with van der Waals surface area (Å²) in [7, 11) is 0. The molecular weight excluding hydrogens is 351 g/mol. The summed E-state index contributed by atoms with van der Waals surface area (Å²) in [4.78, 5) is 29.7. The van der Waals surface area contributed by atoms with Crippen molar-refractivity contribution < 1.29 is 27.5 Å². The number of halogens is 3. The van der Waals surface area contributed by atoms with E-state index in [1.807, 2.05) is 27.7 Å². The van der Waals surface area contributed by atoms with Crippen LogP contribution in [0.2, 0.25) is 0 Å². The predicted molar refractivity (Wildman–Crippen MR) is 88.0 cm³/mol. The Bertz CT molecular complexity index is 702. The maximum atomic E-state index is 12.9. The highest BCUT2D eigenvalue weighted by Crippen LogP contribution is 2.26. The van der Waals surface area contributed by atoms with Crippen LogP contribution in [0.4, 0.5) is 13.2 Å². The number of esters is 1. The molecule has 1 saturated heterocycles. The normalized spacial score (nSPS) is 17.3. The lowest BCUT2D eigenvalue weighted by Crippen LogP contribution is -2.58. The number of rotatable bonds is 3. The minimum absolute atomic E-state index is 0.0478. The summed E-state index contributed by atoms with van der Waals surface area (Å²) >= 11 is 0. The van der Waals surface area contributed by atoms with Crippen LogP contribution in [0.25, 0.3) is 0 Å². The lowest BCUT2D eigenvalue weighted by molar-refractivity contribution is -0.189. The third-order valence-electron chi connectivity index (χ3n) is 3.97. The van der Waals surface area contributed by atoms with Crippen LogP contribution >= 0.6 is 0 Å². The lowest BCUT2D eigenvalue weighted by atomic mass is 10.0. The second-order valence-corrected chi connectivity index (χ2v) is 7.16. The number of carbonyl (C=O) groups is 2. The minimum atomic E-state index is -5.16. The number of hydrogen-bond acceptors (Lipinski definition) is 5. The average molecular weight is 373 g/mol. The van der Waals surface area contributed by atoms with Gasteiger partial charge in [0.1, 0.15) is 0 Å². The second-order valence-electron chi connectivity index (χ2n) is 7.16. The van der Waals surface area contributed by atoms with E-state index in [4.69, 9.17) is 0 Å². The van der Waals surface area contributed by atoms with Gasteiger partial charge in [0, 0.05) is 30.9 Å². The largest absolute Gasteiger partial charge is 0.491 e. The molecule has 144 valence electrons. The second kappa shape index (κ2) is 7.22. The number of ether oxygens (including phenoxy) is 1. The third-order valence-corrected chi connectivity index (χ3v) is 3.97. The first kappa shape index (κ1) is 20.2. The Morgan fingerprint density at radius 3 is 2.50 bits per heavy atom. The maximum Gasteiger partial charge on any atom is 0.491 e. The molecular formula is C17H22F3N3O3. The van der Waals surface area contributed by atoms with E-state index < -0.39 is 23.8 Å². The van der Waals surface area contributed by atoms with Crippen LogP contribution in [-0.2, 0) is 4.79 Å². The van der Waals surface area contributed by atoms with E-state index in [0.717, 1.165) is 0 Å². The molecule has 1 amide bonds. The molecule has 0 saturated carbocycles. The molecule has 0 radical (unpaired) electrons. The van der Waals surface area contributed by atoms with E-state index >= 15 is 0 Å². The molecule has 1 aliphatic heterocycles. The van der Waals surface area contributed by atoms with Gasteiger partial charge in [0.2, 0.25) is 0 Å². The van der Waals surface area contributed by atoms with Crippen LogP contribution in [0.15, 0.2) is 12.1 Å². The molecule has 26 heavy (non-hydrogen) atoms. The van der Waals surface area contributed by atoms with E-state index in [2.05, 4.69) is 15.0 Å². The van der Waals surface area contributed by atoms with E-state index in [-0.39, 0.29) is 17.2 Å². The van der Waals surface area contributed by atoms with Crippen molar-refractivity contribution >= 4 is 11.9 Å². The van der Waals surface area contributed by atoms with Crippen molar-refractivity contribution in [3.8, 4) is 5.75 Å². The Morgan fingerprint density at radius 1 is 1.31 bits per heavy atom. The highest BCUT2D eigenvalue weighted by atomic mass is 19.4. The molecule has 2 heterocycles. The van der Waals surface area contributed by atoms with Gasteiger partial charge in [0.15, 0.2) is 11.4 Å². The number of amides is 1. The molecule has 0 spiro atoms. The van der Waals surface area contributed by atoms with Crippen LogP contribution in [0.5, 0.6) is 5.75 Å². The Morgan fingerprint density at radius 2 is 1.96 bits per heavy atom. The minimum Gasteiger partial charge on any atom is -0.417 e. The number of aromatic nitrogens is 1. The Labute approximate surface area is 149 Å². The zero-order valence-electron chi connectivity index (χ0n) is 15.1. The molecule has 2 rings (SSSR count). The summed E-state index contributed by atoms with van der Waals surface area (Å²) in [5.41, 5.74) is -0.104. The fraction of sp³-hybridized carbons (Fsp3) is 0.588. The predicted octanol–water partition coefficient (Wildman–Crippen LogP) is 2.50. The van der Waals surface area contributed by atoms with Gasteiger partial charge in [-0.25, -0.2) is 9.78 Å². The first-order valence-electron chi connectivity index (χ1n) is 8.25. The van der Waals surface area contributed by atoms with Crippen molar-refractivity contribution in [3.05, 3.63) is 23.5 Å². The quantitative estimate of drug-likeness (QED) is 0.825. The topological polar surface area (TPSA) is 71.5 Å². The van der Waals surface area contributed by atoms with Gasteiger partial charge in [-0.2, -0.15) is 13.2 Å². The average Bonchev–Trinajstić information content (AvgIpc) is 2.52. The molecule has 0 unspecified atom stereocenters. The number of pyridine rings is 1. The van der Waals surface area contributed by atoms with Crippen molar-refractivity contribution in [2.45, 2.75) is 45.3 Å². The summed E-state index contributed by atoms with van der Waals surface area (Å²) in [5.74, 6) is -3.48. The molecule has 9 heteroatoms. The van der Waals surface area contributed by atoms with Gasteiger partial charge >= 0.3 is 12.1 Å². The van der Waals surface area contributed by atoms with Crippen molar-refractivity contribution in [2.24, 2.45) is 0 Å². The Balaban J connectivity index is 2.38. The van der Waals surface area contributed by atoms with Gasteiger partial charge in [-0.05, 0) is 31.9 Å². The molecule has 0 bridgehead atoms. The van der Waals surface area contributed by atoms with Gasteiger partial charge in [-0.15, -0.1) is 0 Å². The van der Waals surface area contributed by atoms with Crippen molar-refractivity contribution in [3.63, 3.8) is 0 Å². The third kappa shape index (κ3) is 4.72. The van der Waals surface area contributed by atoms with Crippen LogP contribution < -0.4 is 10.1 Å². The van der Waals surface area contributed by atoms with Crippen molar-refractivity contribution in [1.82, 2.24) is 15.2 Å². The Hall–Kier alpha value is -2.16. The monoisotopic (exact) mass is 373 g/mol. The molecule has 1 aliphatic rings. The van der Waals surface area contributed by atoms with Crippen LogP contribution in [0, 0.1) is 0 Å². The Kier molecular flexibility index (Phi) is 5.60. The van der Waals surface area contributed by atoms with E-state index in [1.54, 1.807) is 0 Å². The molecule has 6 nitrogen and oxygen atoms in total. The highest BCUT2D eigenvalue weighted by molar-refractivity contribution is 5.96. The van der Waals surface area contributed by atoms with Crippen LogP contribution in [-0.4, -0.2) is 53.1 Å². The summed E-state index contributed by atoms with van der Waals surface area (Å²) in [6.45, 7) is 8.77. The maximum absolute atomic E-state index is 12.9. The van der Waals surface area contributed by atoms with E-state index in [1.165, 1.54) is 17.0 Å². The van der Waals surface area contributed by atoms with Crippen molar-refractivity contribution in [2.75, 3.05) is 19.6 Å². The summed E-state index contributed by atoms with van der Waals surface area (Å²) in [6, 6.07) is 2.63. The zero-order chi connectivity index (χ0) is 19.7. The van der Waals surface area contributed by atoms with Gasteiger partial charge in [0.25, 0.3) is 5.91 Å². The lowest BCUT2D eigenvalue weighted by Gasteiger charge is -2.39. The molecule has 1 fully saturated rings. The molecule has 0 aliphatic carbocycles. The number of alkyl halides is 3. The SMILES string of the molecule is CC(C)c1ccc(OC(=O)C(F)(F)F)c(C(=O)N2CCNC(C)(C)C2)n1. The van der Waals surface area contributed by atoms with E-state index in [9.17, 15) is 22.8 Å². The molecule has 1 N–H and O–H groups in total. The number of carbonyl (C=O) groups excluding carboxylic acids is 2. The first-order valence-corrected chi connectivity index (χ1v) is 8.25. The van der Waals surface area contributed by atoms with Gasteiger partial charge in [-0.1, -0.05) is 13.8 Å². The van der Waals surface area contributed by atoms with Crippen LogP contribution in [0.1, 0.15) is 49.8 Å². The van der Waals surface area contributed by atoms with Crippen LogP contribution in [0.3, 0.4) is 0 Å². The number of nitrogens with zero attached hydrogens (tertiary/aromatic N) is 2. The summed E-state index contributed by atoms with van der Waals surface area (Å²) < 4.78 is 42.0. The molecule has 1 aromatic rings. The zero-order valence-corrected chi connectivity index (χ0v) is 15.1. The summed E-state index contributed by atoms with van der Waals surface area (Å²) in [5, 5.41) is 3.24. The standard InChI is InChI=1S/C17H22F3N3O3/c1-10(2)11-5-6-12(26-15(25)17(18,19)20)13(22-11)14(24)23-8-7-21-16(3,4)9-23/h5-6,10,21H,7-9H2,1-4H3. The summed E-state index contributed by atoms with van der Waals surface area (Å²) in [6.07, 6.45) is -5.16. The van der Waals surface area contributed by atoms with E-state index in [0.29, 0.717) is 25.3 Å². The number of piperazine rings is 1. The molecule has 0 atom stereocenters. The smallest absolute Gasteiger partial charge is 0.417 e. The van der Waals surface area contributed by atoms with Gasteiger partial charge < -0.3 is 15.0 Å². The highest BCUT2D eigenvalue weighted by Gasteiger charge is 2.42. The fourth-order valence-corrected chi connectivity index (χ4v) is 2.64.